The van der Waals surface area contributed by atoms with Crippen LogP contribution in [0.1, 0.15) is 41.8 Å². The van der Waals surface area contributed by atoms with E-state index in [1.54, 1.807) is 18.7 Å². The van der Waals surface area contributed by atoms with Crippen LogP contribution in [0.4, 0.5) is 0 Å². The molecule has 0 fully saturated rings. The molecule has 0 atom stereocenters. The molecule has 136 valence electrons. The summed E-state index contributed by atoms with van der Waals surface area (Å²) in [4.78, 5) is 30.0. The number of fused-ring (bicyclic) bond motifs is 1. The normalized spacial score (nSPS) is 11.4. The molecule has 0 N–H and O–H groups in total. The summed E-state index contributed by atoms with van der Waals surface area (Å²) in [6.45, 7) is 3.94. The van der Waals surface area contributed by atoms with Crippen LogP contribution in [0.15, 0.2) is 47.6 Å². The smallest absolute Gasteiger partial charge is 0.197 e. The van der Waals surface area contributed by atoms with Crippen molar-refractivity contribution >= 4 is 16.7 Å². The number of pyridine rings is 2. The molecule has 0 aliphatic heterocycles. The number of carbonyl (C=O) groups excluding carboxylic acids is 1. The fourth-order valence-electron chi connectivity index (χ4n) is 2.84. The Morgan fingerprint density at radius 1 is 1.22 bits per heavy atom. The van der Waals surface area contributed by atoms with Crippen LogP contribution >= 0.6 is 0 Å². The number of Topliss-reactive ketones (excluding diaryl/α,β-unsaturated/α-hetero) is 1. The number of hydrogen-bond donors (Lipinski definition) is 0. The van der Waals surface area contributed by atoms with Crippen LogP contribution in [0.25, 0.3) is 22.3 Å². The number of oxazole rings is 1. The third-order valence-corrected chi connectivity index (χ3v) is 4.35. The molecule has 0 saturated carbocycles. The Labute approximate surface area is 156 Å². The first kappa shape index (κ1) is 17.1. The third kappa shape index (κ3) is 3.36. The molecule has 0 radical (unpaired) electrons. The van der Waals surface area contributed by atoms with E-state index in [-0.39, 0.29) is 18.1 Å². The molecule has 0 aliphatic rings. The van der Waals surface area contributed by atoms with Crippen molar-refractivity contribution in [2.24, 2.45) is 7.05 Å². The first-order valence-corrected chi connectivity index (χ1v) is 8.72. The predicted octanol–water partition coefficient (Wildman–Crippen LogP) is 3.57. The minimum absolute atomic E-state index is 0.125. The highest BCUT2D eigenvalue weighted by Crippen LogP contribution is 2.21. The number of aryl methyl sites for hydroxylation is 1. The van der Waals surface area contributed by atoms with E-state index in [2.05, 4.69) is 15.0 Å². The molecule has 0 saturated heterocycles. The summed E-state index contributed by atoms with van der Waals surface area (Å²) in [5.41, 5.74) is 3.52. The standard InChI is InChI=1S/C20H19N5O2/c1-12(2)20-24-17(10-27-20)19(26)7-14-6-16-13(8-22-14)4-5-15(23-16)18-9-21-11-25(18)3/h4-6,8-12H,7H2,1-3H3. The van der Waals surface area contributed by atoms with Crippen molar-refractivity contribution in [3.05, 3.63) is 60.5 Å². The lowest BCUT2D eigenvalue weighted by Crippen LogP contribution is -2.06. The van der Waals surface area contributed by atoms with E-state index in [9.17, 15) is 4.79 Å². The lowest BCUT2D eigenvalue weighted by Gasteiger charge is -2.05. The first-order chi connectivity index (χ1) is 13.0. The predicted molar refractivity (Wildman–Crippen MR) is 100 cm³/mol. The van der Waals surface area contributed by atoms with Gasteiger partial charge in [-0.15, -0.1) is 0 Å². The first-order valence-electron chi connectivity index (χ1n) is 8.72. The maximum absolute atomic E-state index is 12.5. The topological polar surface area (TPSA) is 86.7 Å². The number of ketones is 1. The molecule has 4 rings (SSSR count). The summed E-state index contributed by atoms with van der Waals surface area (Å²) in [6.07, 6.45) is 6.81. The highest BCUT2D eigenvalue weighted by atomic mass is 16.3. The Morgan fingerprint density at radius 2 is 2.07 bits per heavy atom. The zero-order valence-corrected chi connectivity index (χ0v) is 15.4. The van der Waals surface area contributed by atoms with Crippen molar-refractivity contribution in [3.63, 3.8) is 0 Å². The minimum atomic E-state index is -0.125. The number of aromatic nitrogens is 5. The SMILES string of the molecule is CC(C)c1nc(C(=O)Cc2cc3nc(-c4cncn4C)ccc3cn2)co1. The fourth-order valence-corrected chi connectivity index (χ4v) is 2.84. The molecule has 27 heavy (non-hydrogen) atoms. The van der Waals surface area contributed by atoms with Gasteiger partial charge in [0.15, 0.2) is 11.7 Å². The Bertz CT molecular complexity index is 1130. The van der Waals surface area contributed by atoms with Crippen LogP contribution in [-0.2, 0) is 13.5 Å². The monoisotopic (exact) mass is 361 g/mol. The second kappa shape index (κ2) is 6.75. The van der Waals surface area contributed by atoms with E-state index in [1.165, 1.54) is 6.26 Å². The molecule has 0 bridgehead atoms. The van der Waals surface area contributed by atoms with Crippen molar-refractivity contribution < 1.29 is 9.21 Å². The summed E-state index contributed by atoms with van der Waals surface area (Å²) in [6, 6.07) is 5.75. The van der Waals surface area contributed by atoms with Crippen LogP contribution in [0, 0.1) is 0 Å². The molecule has 4 heterocycles. The third-order valence-electron chi connectivity index (χ3n) is 4.35. The van der Waals surface area contributed by atoms with Crippen molar-refractivity contribution in [1.29, 1.82) is 0 Å². The summed E-state index contributed by atoms with van der Waals surface area (Å²) in [7, 11) is 1.92. The van der Waals surface area contributed by atoms with Crippen LogP contribution in [0.3, 0.4) is 0 Å². The second-order valence-corrected chi connectivity index (χ2v) is 6.78. The van der Waals surface area contributed by atoms with Gasteiger partial charge in [-0.25, -0.2) is 15.0 Å². The number of rotatable bonds is 5. The second-order valence-electron chi connectivity index (χ2n) is 6.78. The molecular formula is C20H19N5O2. The average molecular weight is 361 g/mol. The minimum Gasteiger partial charge on any atom is -0.448 e. The van der Waals surface area contributed by atoms with Crippen LogP contribution < -0.4 is 0 Å². The summed E-state index contributed by atoms with van der Waals surface area (Å²) < 4.78 is 7.26. The van der Waals surface area contributed by atoms with Crippen molar-refractivity contribution in [3.8, 4) is 11.4 Å². The van der Waals surface area contributed by atoms with Gasteiger partial charge < -0.3 is 8.98 Å². The molecule has 0 aliphatic carbocycles. The van der Waals surface area contributed by atoms with Gasteiger partial charge >= 0.3 is 0 Å². The Morgan fingerprint density at radius 3 is 2.78 bits per heavy atom. The van der Waals surface area contributed by atoms with Gasteiger partial charge in [0.25, 0.3) is 0 Å². The maximum Gasteiger partial charge on any atom is 0.197 e. The highest BCUT2D eigenvalue weighted by Gasteiger charge is 2.16. The van der Waals surface area contributed by atoms with Gasteiger partial charge in [-0.3, -0.25) is 9.78 Å². The quantitative estimate of drug-likeness (QED) is 0.505. The van der Waals surface area contributed by atoms with E-state index in [4.69, 9.17) is 9.40 Å². The highest BCUT2D eigenvalue weighted by molar-refractivity contribution is 5.95. The summed E-state index contributed by atoms with van der Waals surface area (Å²) in [5, 5.41) is 0.917. The molecule has 0 unspecified atom stereocenters. The van der Waals surface area contributed by atoms with Gasteiger partial charge in [-0.1, -0.05) is 13.8 Å². The zero-order chi connectivity index (χ0) is 19.0. The number of hydrogen-bond acceptors (Lipinski definition) is 6. The molecule has 0 aromatic carbocycles. The van der Waals surface area contributed by atoms with E-state index < -0.39 is 0 Å². The van der Waals surface area contributed by atoms with Crippen molar-refractivity contribution in [2.75, 3.05) is 0 Å². The van der Waals surface area contributed by atoms with E-state index in [0.717, 1.165) is 22.3 Å². The summed E-state index contributed by atoms with van der Waals surface area (Å²) >= 11 is 0. The lowest BCUT2D eigenvalue weighted by atomic mass is 10.1. The van der Waals surface area contributed by atoms with Gasteiger partial charge in [0.05, 0.1) is 41.5 Å². The molecule has 0 amide bonds. The number of imidazole rings is 1. The Kier molecular flexibility index (Phi) is 4.27. The van der Waals surface area contributed by atoms with Gasteiger partial charge in [0.2, 0.25) is 0 Å². The Hall–Kier alpha value is -3.35. The van der Waals surface area contributed by atoms with E-state index in [0.29, 0.717) is 17.3 Å². The fraction of sp³-hybridized carbons (Fsp3) is 0.250. The van der Waals surface area contributed by atoms with Gasteiger partial charge in [-0.05, 0) is 18.2 Å². The van der Waals surface area contributed by atoms with Gasteiger partial charge in [0, 0.05) is 24.5 Å². The van der Waals surface area contributed by atoms with Crippen molar-refractivity contribution in [2.45, 2.75) is 26.2 Å². The van der Waals surface area contributed by atoms with Gasteiger partial charge in [0.1, 0.15) is 12.0 Å². The van der Waals surface area contributed by atoms with E-state index in [1.807, 2.05) is 43.7 Å². The number of nitrogens with zero attached hydrogens (tertiary/aromatic N) is 5. The molecule has 7 heteroatoms. The lowest BCUT2D eigenvalue weighted by molar-refractivity contribution is 0.0987. The Balaban J connectivity index is 1.62. The molecule has 4 aromatic heterocycles. The average Bonchev–Trinajstić information content (AvgIpc) is 3.30. The largest absolute Gasteiger partial charge is 0.448 e. The van der Waals surface area contributed by atoms with E-state index >= 15 is 0 Å². The van der Waals surface area contributed by atoms with Crippen molar-refractivity contribution in [1.82, 2.24) is 24.5 Å². The van der Waals surface area contributed by atoms with Gasteiger partial charge in [-0.2, -0.15) is 0 Å². The van der Waals surface area contributed by atoms with Crippen LogP contribution in [0.5, 0.6) is 0 Å². The molecule has 4 aromatic rings. The number of carbonyl (C=O) groups is 1. The molecular weight excluding hydrogens is 342 g/mol. The summed E-state index contributed by atoms with van der Waals surface area (Å²) in [5.74, 6) is 0.576. The van der Waals surface area contributed by atoms with Crippen LogP contribution in [-0.4, -0.2) is 30.3 Å². The van der Waals surface area contributed by atoms with Crippen LogP contribution in [0.2, 0.25) is 0 Å². The maximum atomic E-state index is 12.5. The zero-order valence-electron chi connectivity index (χ0n) is 15.4. The molecule has 7 nitrogen and oxygen atoms in total. The molecule has 0 spiro atoms.